The maximum atomic E-state index is 13.6. The molecule has 2 aliphatic rings. The standard InChI is InChI=1S/C34H36N4O5/c39-32(19-25-20-36-31-13-5-4-12-28(25)31)37-15-7-17-42-27-11-6-8-24(18-27)29-21-38(22-30(29)34(41)35-14-16-37)33(40)23-43-26-9-2-1-3-10-26/h1-6,8-13,18,20,29-30,36H,7,14-17,19,21-23H2,(H,35,41)/t29-,30+/m1/s1. The summed E-state index contributed by atoms with van der Waals surface area (Å²) >= 11 is 0. The number of fused-ring (bicyclic) bond motifs is 5. The Balaban J connectivity index is 1.15. The number of hydrogen-bond donors (Lipinski definition) is 2. The molecule has 0 saturated carbocycles. The SMILES string of the molecule is O=C1NCCN(C(=O)Cc2c[nH]c3ccccc23)CCCOc2cccc(c2)[C@H]2CN(C(=O)COc3ccccc3)C[C@H]12. The third-order valence-electron chi connectivity index (χ3n) is 8.29. The molecule has 222 valence electrons. The summed E-state index contributed by atoms with van der Waals surface area (Å²) in [6, 6.07) is 24.9. The van der Waals surface area contributed by atoms with Crippen LogP contribution in [0.25, 0.3) is 10.9 Å². The lowest BCUT2D eigenvalue weighted by molar-refractivity contribution is -0.133. The van der Waals surface area contributed by atoms with E-state index in [1.165, 1.54) is 0 Å². The van der Waals surface area contributed by atoms with Crippen LogP contribution in [0.3, 0.4) is 0 Å². The van der Waals surface area contributed by atoms with Crippen LogP contribution in [0, 0.1) is 5.92 Å². The van der Waals surface area contributed by atoms with Gasteiger partial charge in [-0.15, -0.1) is 0 Å². The predicted octanol–water partition coefficient (Wildman–Crippen LogP) is 3.76. The van der Waals surface area contributed by atoms with Crippen LogP contribution in [0.15, 0.2) is 85.1 Å². The Morgan fingerprint density at radius 2 is 1.70 bits per heavy atom. The number of H-pyrrole nitrogens is 1. The topological polar surface area (TPSA) is 104 Å². The van der Waals surface area contributed by atoms with Gasteiger partial charge in [-0.1, -0.05) is 48.5 Å². The highest BCUT2D eigenvalue weighted by Gasteiger charge is 2.40. The number of carbonyl (C=O) groups excluding carboxylic acids is 3. The molecule has 1 fully saturated rings. The molecular formula is C34H36N4O5. The van der Waals surface area contributed by atoms with Gasteiger partial charge in [0.25, 0.3) is 5.91 Å². The maximum Gasteiger partial charge on any atom is 0.260 e. The van der Waals surface area contributed by atoms with Gasteiger partial charge < -0.3 is 29.6 Å². The second-order valence-electron chi connectivity index (χ2n) is 11.1. The highest BCUT2D eigenvalue weighted by molar-refractivity contribution is 5.89. The van der Waals surface area contributed by atoms with E-state index in [0.29, 0.717) is 57.3 Å². The fourth-order valence-corrected chi connectivity index (χ4v) is 6.00. The zero-order valence-corrected chi connectivity index (χ0v) is 24.0. The van der Waals surface area contributed by atoms with E-state index < -0.39 is 5.92 Å². The molecule has 2 N–H and O–H groups in total. The van der Waals surface area contributed by atoms with Crippen LogP contribution in [0.2, 0.25) is 0 Å². The minimum atomic E-state index is -0.436. The van der Waals surface area contributed by atoms with E-state index in [4.69, 9.17) is 9.47 Å². The number of likely N-dealkylation sites (tertiary alicyclic amines) is 1. The third kappa shape index (κ3) is 6.66. The molecule has 3 heterocycles. The van der Waals surface area contributed by atoms with E-state index in [-0.39, 0.29) is 36.7 Å². The van der Waals surface area contributed by atoms with Crippen LogP contribution in [-0.4, -0.2) is 78.4 Å². The van der Waals surface area contributed by atoms with Crippen molar-refractivity contribution in [2.45, 2.75) is 18.8 Å². The summed E-state index contributed by atoms with van der Waals surface area (Å²) in [6.45, 7) is 2.31. The van der Waals surface area contributed by atoms with E-state index in [1.807, 2.05) is 85.1 Å². The van der Waals surface area contributed by atoms with Crippen molar-refractivity contribution in [2.24, 2.45) is 5.92 Å². The maximum absolute atomic E-state index is 13.6. The van der Waals surface area contributed by atoms with Crippen molar-refractivity contribution in [1.82, 2.24) is 20.1 Å². The van der Waals surface area contributed by atoms with Crippen molar-refractivity contribution in [2.75, 3.05) is 45.9 Å². The van der Waals surface area contributed by atoms with E-state index in [0.717, 1.165) is 22.0 Å². The van der Waals surface area contributed by atoms with Gasteiger partial charge >= 0.3 is 0 Å². The number of benzene rings is 3. The number of nitrogens with one attached hydrogen (secondary N) is 2. The molecule has 1 saturated heterocycles. The second-order valence-corrected chi connectivity index (χ2v) is 11.1. The van der Waals surface area contributed by atoms with Crippen LogP contribution in [0.4, 0.5) is 0 Å². The normalized spacial score (nSPS) is 19.2. The zero-order valence-electron chi connectivity index (χ0n) is 24.0. The first-order valence-corrected chi connectivity index (χ1v) is 14.8. The molecule has 2 bridgehead atoms. The summed E-state index contributed by atoms with van der Waals surface area (Å²) in [4.78, 5) is 46.9. The number of ether oxygens (including phenoxy) is 2. The smallest absolute Gasteiger partial charge is 0.260 e. The van der Waals surface area contributed by atoms with Crippen LogP contribution in [-0.2, 0) is 20.8 Å². The Labute approximate surface area is 250 Å². The van der Waals surface area contributed by atoms with Gasteiger partial charge in [0.15, 0.2) is 6.61 Å². The quantitative estimate of drug-likeness (QED) is 0.374. The first-order chi connectivity index (χ1) is 21.0. The molecule has 9 nitrogen and oxygen atoms in total. The van der Waals surface area contributed by atoms with Crippen molar-refractivity contribution in [3.05, 3.63) is 96.2 Å². The lowest BCUT2D eigenvalue weighted by Crippen LogP contribution is -2.43. The third-order valence-corrected chi connectivity index (χ3v) is 8.29. The van der Waals surface area contributed by atoms with Gasteiger partial charge in [0, 0.05) is 55.7 Å². The van der Waals surface area contributed by atoms with Crippen LogP contribution >= 0.6 is 0 Å². The Kier molecular flexibility index (Phi) is 8.58. The summed E-state index contributed by atoms with van der Waals surface area (Å²) < 4.78 is 11.8. The van der Waals surface area contributed by atoms with Gasteiger partial charge in [0.1, 0.15) is 11.5 Å². The molecule has 0 unspecified atom stereocenters. The molecule has 43 heavy (non-hydrogen) atoms. The van der Waals surface area contributed by atoms with E-state index in [1.54, 1.807) is 9.80 Å². The molecule has 2 aliphatic heterocycles. The summed E-state index contributed by atoms with van der Waals surface area (Å²) in [7, 11) is 0. The molecule has 6 rings (SSSR count). The Hall–Kier alpha value is -4.79. The van der Waals surface area contributed by atoms with Crippen molar-refractivity contribution in [1.29, 1.82) is 0 Å². The van der Waals surface area contributed by atoms with Gasteiger partial charge in [0.2, 0.25) is 11.8 Å². The van der Waals surface area contributed by atoms with Gasteiger partial charge in [-0.25, -0.2) is 0 Å². The van der Waals surface area contributed by atoms with Crippen molar-refractivity contribution < 1.29 is 23.9 Å². The van der Waals surface area contributed by atoms with Crippen molar-refractivity contribution in [3.63, 3.8) is 0 Å². The minimum Gasteiger partial charge on any atom is -0.494 e. The van der Waals surface area contributed by atoms with Gasteiger partial charge in [-0.2, -0.15) is 0 Å². The highest BCUT2D eigenvalue weighted by Crippen LogP contribution is 2.35. The Bertz CT molecular complexity index is 1590. The second kappa shape index (κ2) is 13.0. The largest absolute Gasteiger partial charge is 0.494 e. The lowest BCUT2D eigenvalue weighted by atomic mass is 9.88. The minimum absolute atomic E-state index is 0.00187. The number of para-hydroxylation sites is 2. The van der Waals surface area contributed by atoms with Crippen molar-refractivity contribution in [3.8, 4) is 11.5 Å². The summed E-state index contributed by atoms with van der Waals surface area (Å²) in [5.41, 5.74) is 2.91. The number of aromatic nitrogens is 1. The molecule has 2 atom stereocenters. The molecule has 0 aliphatic carbocycles. The average molecular weight is 581 g/mol. The molecule has 1 aromatic heterocycles. The number of aromatic amines is 1. The molecule has 3 amide bonds. The monoisotopic (exact) mass is 580 g/mol. The predicted molar refractivity (Wildman–Crippen MR) is 163 cm³/mol. The molecular weight excluding hydrogens is 544 g/mol. The van der Waals surface area contributed by atoms with Crippen molar-refractivity contribution >= 4 is 28.6 Å². The number of nitrogens with zero attached hydrogens (tertiary/aromatic N) is 2. The Morgan fingerprint density at radius 3 is 2.58 bits per heavy atom. The summed E-state index contributed by atoms with van der Waals surface area (Å²) in [5.74, 6) is 0.422. The first kappa shape index (κ1) is 28.3. The van der Waals surface area contributed by atoms with E-state index in [2.05, 4.69) is 10.3 Å². The zero-order chi connectivity index (χ0) is 29.6. The van der Waals surface area contributed by atoms with Gasteiger partial charge in [0.05, 0.1) is 18.9 Å². The lowest BCUT2D eigenvalue weighted by Gasteiger charge is -2.25. The highest BCUT2D eigenvalue weighted by atomic mass is 16.5. The van der Waals surface area contributed by atoms with Crippen LogP contribution in [0.5, 0.6) is 11.5 Å². The van der Waals surface area contributed by atoms with Crippen LogP contribution < -0.4 is 14.8 Å². The average Bonchev–Trinajstić information content (AvgIpc) is 3.66. The molecule has 3 aromatic carbocycles. The number of carbonyl (C=O) groups is 3. The number of amides is 3. The fraction of sp³-hybridized carbons (Fsp3) is 0.324. The number of rotatable bonds is 5. The molecule has 0 spiro atoms. The van der Waals surface area contributed by atoms with Gasteiger partial charge in [-0.05, 0) is 47.9 Å². The van der Waals surface area contributed by atoms with Gasteiger partial charge in [-0.3, -0.25) is 14.4 Å². The molecule has 4 aromatic rings. The van der Waals surface area contributed by atoms with E-state index in [9.17, 15) is 14.4 Å². The first-order valence-electron chi connectivity index (χ1n) is 14.8. The molecule has 9 heteroatoms. The summed E-state index contributed by atoms with van der Waals surface area (Å²) in [5, 5.41) is 4.10. The summed E-state index contributed by atoms with van der Waals surface area (Å²) in [6.07, 6.45) is 2.82. The Morgan fingerprint density at radius 1 is 0.884 bits per heavy atom. The molecule has 0 radical (unpaired) electrons. The van der Waals surface area contributed by atoms with E-state index >= 15 is 0 Å². The van der Waals surface area contributed by atoms with Crippen LogP contribution in [0.1, 0.15) is 23.5 Å². The number of hydrogen-bond acceptors (Lipinski definition) is 5. The fourth-order valence-electron chi connectivity index (χ4n) is 6.00.